The molecule has 117 heavy (non-hydrogen) atoms. The molecule has 0 radical (unpaired) electrons. The summed E-state index contributed by atoms with van der Waals surface area (Å²) in [4.78, 5) is 220. The van der Waals surface area contributed by atoms with E-state index in [1.807, 2.05) is 12.1 Å². The number of rotatable bonds is 24. The predicted octanol–water partition coefficient (Wildman–Crippen LogP) is -7.70. The van der Waals surface area contributed by atoms with Crippen LogP contribution in [0.4, 0.5) is 0 Å². The standard InChI is InChI=1S/C73H100N26O17S/c1-4-47-63(108)93-50(23-41-12-7-11-40-10-5-6-13-46(40)41)65(110)94-51(24-42-27-79-36-86-42)61(106)85-31-59(104)88-54(32-100)69(114)92-49(15-9-21-83-73(77)78)71(116)99(3)57(22-39-16-18-45(102)19-17-39)70(115)96-52(25-43-28-80-37-87-43)66(111)91-48(14-8-20-82-72(75)76)64(109)95-53(26-44-29-81-38-98(44)2)67(112)97-56(62(107)84-30-58(74)103)34-117-35-60(105)89-55(33-101)68(113)90-47/h5-7,10-13,16-19,27-29,36-38,47-57,100-102H,4,8-9,14-15,20-26,30-35H2,1-3H3,(H2,74,103)(H,79,86)(H,80,87)(H,84,107)(H,85,106)(H,88,104)(H,89,105)(H,90,113)(H,91,111)(H,92,114)(H,93,108)(H,94,110)(H,95,109)(H,96,115)(H,97,112)(H4,75,76,82)(H4,77,78,83)/t47-,48-,49-,50-,51-,52-,53-,54-,55-,56-,57-/m0/s1. The maximum absolute atomic E-state index is 15.3. The summed E-state index contributed by atoms with van der Waals surface area (Å²) < 4.78 is 1.51. The van der Waals surface area contributed by atoms with Crippen LogP contribution in [0.2, 0.25) is 0 Å². The molecule has 7 rings (SSSR count). The number of aromatic amines is 2. The minimum atomic E-state index is -1.86. The van der Waals surface area contributed by atoms with Gasteiger partial charge in [0.25, 0.3) is 0 Å². The van der Waals surface area contributed by atoms with E-state index < -0.39 is 205 Å². The number of aliphatic hydroxyl groups excluding tert-OH is 2. The fraction of sp³-hybridized carbons (Fsp3) is 0.438. The lowest BCUT2D eigenvalue weighted by atomic mass is 9.97. The number of H-pyrrole nitrogens is 2. The first kappa shape index (κ1) is 90.9. The number of aryl methyl sites for hydroxylation is 1. The molecule has 44 heteroatoms. The average Bonchev–Trinajstić information content (AvgIpc) is 0.926. The van der Waals surface area contributed by atoms with Gasteiger partial charge in [-0.2, -0.15) is 0 Å². The van der Waals surface area contributed by atoms with Crippen LogP contribution >= 0.6 is 11.8 Å². The number of nitrogens with two attached hydrogens (primary N) is 3. The van der Waals surface area contributed by atoms with Crippen molar-refractivity contribution < 1.29 is 82.4 Å². The summed E-state index contributed by atoms with van der Waals surface area (Å²) in [5.74, 6) is -16.4. The molecule has 14 amide bonds. The number of carbonyl (C=O) groups is 14. The molecule has 0 unspecified atom stereocenters. The molecule has 27 N–H and O–H groups in total. The van der Waals surface area contributed by atoms with E-state index >= 15 is 19.2 Å². The van der Waals surface area contributed by atoms with Crippen LogP contribution in [0.15, 0.2) is 104 Å². The van der Waals surface area contributed by atoms with Crippen molar-refractivity contribution in [1.29, 1.82) is 10.8 Å². The van der Waals surface area contributed by atoms with E-state index in [0.29, 0.717) is 22.2 Å². The van der Waals surface area contributed by atoms with E-state index in [1.165, 1.54) is 80.4 Å². The molecular formula is C73H100N26O17S. The molecule has 630 valence electrons. The Morgan fingerprint density at radius 3 is 1.62 bits per heavy atom. The van der Waals surface area contributed by atoms with Gasteiger partial charge < -0.3 is 126 Å². The molecule has 6 aromatic rings. The third kappa shape index (κ3) is 29.0. The monoisotopic (exact) mass is 1640 g/mol. The number of fused-ring (bicyclic) bond motifs is 1. The Bertz CT molecular complexity index is 4450. The van der Waals surface area contributed by atoms with Crippen LogP contribution in [0.25, 0.3) is 10.8 Å². The molecule has 3 aromatic heterocycles. The summed E-state index contributed by atoms with van der Waals surface area (Å²) in [6.45, 7) is -2.36. The van der Waals surface area contributed by atoms with Crippen molar-refractivity contribution in [1.82, 2.24) is 109 Å². The van der Waals surface area contributed by atoms with E-state index in [4.69, 9.17) is 28.0 Å². The van der Waals surface area contributed by atoms with Gasteiger partial charge in [0, 0.05) is 89.3 Å². The number of thioether (sulfide) groups is 1. The van der Waals surface area contributed by atoms with Crippen LogP contribution < -0.4 is 91.6 Å². The Balaban J connectivity index is 1.29. The SMILES string of the molecule is CC[C@@H]1NC(=O)[C@H](CO)NC(=O)CSC[C@@H](C(=O)NCC(N)=O)NC(=O)[C@H](Cc2cncn2C)NC(=O)[C@H](CCCNC(=N)N)NC(=O)[C@H](Cc2c[nH]cn2)NC(=O)[C@H](Cc2ccc(O)cc2)N(C)C(=O)[C@H](CCCNC(=N)N)NC(=O)[C@H](CO)NC(=O)CNC(=O)[C@H](Cc2c[nH]cn2)NC(=O)[C@H](Cc2cccc3ccccc23)NC1=O. The lowest BCUT2D eigenvalue weighted by molar-refractivity contribution is -0.143. The summed E-state index contributed by atoms with van der Waals surface area (Å²) in [5.41, 5.74) is 18.2. The lowest BCUT2D eigenvalue weighted by Crippen LogP contribution is -2.61. The third-order valence-electron chi connectivity index (χ3n) is 18.5. The predicted molar refractivity (Wildman–Crippen MR) is 422 cm³/mol. The highest BCUT2D eigenvalue weighted by atomic mass is 32.2. The molecule has 1 aliphatic heterocycles. The maximum atomic E-state index is 15.3. The number of aliphatic hydroxyl groups is 2. The number of aromatic nitrogens is 6. The molecule has 0 spiro atoms. The summed E-state index contributed by atoms with van der Waals surface area (Å²) in [6, 6.07) is -0.196. The van der Waals surface area contributed by atoms with Gasteiger partial charge in [-0.3, -0.25) is 77.9 Å². The highest BCUT2D eigenvalue weighted by Gasteiger charge is 2.39. The molecule has 43 nitrogen and oxygen atoms in total. The van der Waals surface area contributed by atoms with Crippen LogP contribution in [0.1, 0.15) is 67.2 Å². The van der Waals surface area contributed by atoms with Crippen molar-refractivity contribution in [3.8, 4) is 5.75 Å². The Labute approximate surface area is 674 Å². The molecule has 1 fully saturated rings. The average molecular weight is 1650 g/mol. The molecular weight excluding hydrogens is 1550 g/mol. The highest BCUT2D eigenvalue weighted by Crippen LogP contribution is 2.22. The number of hydrogen-bond donors (Lipinski definition) is 24. The molecule has 4 heterocycles. The van der Waals surface area contributed by atoms with Crippen molar-refractivity contribution in [2.24, 2.45) is 24.2 Å². The van der Waals surface area contributed by atoms with Gasteiger partial charge in [0.05, 0.1) is 62.4 Å². The zero-order chi connectivity index (χ0) is 85.3. The van der Waals surface area contributed by atoms with Gasteiger partial charge in [0.15, 0.2) is 11.9 Å². The van der Waals surface area contributed by atoms with Gasteiger partial charge in [-0.05, 0) is 66.1 Å². The second-order valence-electron chi connectivity index (χ2n) is 27.3. The molecule has 11 atom stereocenters. The quantitative estimate of drug-likeness (QED) is 0.0152. The molecule has 0 aliphatic carbocycles. The first-order chi connectivity index (χ1) is 55.9. The number of amides is 14. The maximum Gasteiger partial charge on any atom is 0.245 e. The second-order valence-corrected chi connectivity index (χ2v) is 28.3. The number of phenols is 1. The zero-order valence-corrected chi connectivity index (χ0v) is 65.1. The number of primary amides is 1. The van der Waals surface area contributed by atoms with Crippen LogP contribution in [-0.2, 0) is 106 Å². The van der Waals surface area contributed by atoms with Crippen molar-refractivity contribution in [2.45, 2.75) is 138 Å². The van der Waals surface area contributed by atoms with Crippen molar-refractivity contribution >= 4 is 117 Å². The van der Waals surface area contributed by atoms with Gasteiger partial charge in [-0.25, -0.2) is 15.0 Å². The fourth-order valence-electron chi connectivity index (χ4n) is 12.2. The first-order valence-corrected chi connectivity index (χ1v) is 38.3. The summed E-state index contributed by atoms with van der Waals surface area (Å²) >= 11 is 0.719. The smallest absolute Gasteiger partial charge is 0.245 e. The van der Waals surface area contributed by atoms with Crippen LogP contribution in [-0.4, -0.2) is 269 Å². The van der Waals surface area contributed by atoms with Crippen molar-refractivity contribution in [3.63, 3.8) is 0 Å². The van der Waals surface area contributed by atoms with Crippen molar-refractivity contribution in [3.05, 3.63) is 133 Å². The van der Waals surface area contributed by atoms with Crippen LogP contribution in [0, 0.1) is 10.8 Å². The Kier molecular flexibility index (Phi) is 35.4. The van der Waals surface area contributed by atoms with Gasteiger partial charge in [-0.1, -0.05) is 61.5 Å². The van der Waals surface area contributed by atoms with Crippen LogP contribution in [0.5, 0.6) is 5.75 Å². The molecule has 0 bridgehead atoms. The van der Waals surface area contributed by atoms with E-state index in [2.05, 4.69) is 99.4 Å². The number of likely N-dealkylation sites (N-methyl/N-ethyl adjacent to an activating group) is 1. The van der Waals surface area contributed by atoms with Crippen molar-refractivity contribution in [2.75, 3.05) is 57.9 Å². The minimum absolute atomic E-state index is 0.00291. The topological polar surface area (TPSA) is 672 Å². The number of hydrogen-bond acceptors (Lipinski definition) is 23. The molecule has 1 saturated heterocycles. The van der Waals surface area contributed by atoms with Gasteiger partial charge in [0.2, 0.25) is 82.7 Å². The zero-order valence-electron chi connectivity index (χ0n) is 64.3. The van der Waals surface area contributed by atoms with Crippen LogP contribution in [0.3, 0.4) is 0 Å². The number of imidazole rings is 3. The van der Waals surface area contributed by atoms with E-state index in [9.17, 15) is 63.3 Å². The Hall–Kier alpha value is -13.3. The normalized spacial score (nSPS) is 22.2. The molecule has 1 aliphatic rings. The summed E-state index contributed by atoms with van der Waals surface area (Å²) in [7, 11) is 2.78. The number of benzene rings is 3. The van der Waals surface area contributed by atoms with E-state index in [0.717, 1.165) is 22.0 Å². The lowest BCUT2D eigenvalue weighted by Gasteiger charge is -2.33. The third-order valence-corrected chi connectivity index (χ3v) is 19.6. The van der Waals surface area contributed by atoms with E-state index in [-0.39, 0.29) is 88.0 Å². The molecule has 3 aromatic carbocycles. The largest absolute Gasteiger partial charge is 0.508 e. The number of phenolic OH excluding ortho intramolecular Hbond substituents is 1. The summed E-state index contributed by atoms with van der Waals surface area (Å²) in [6.07, 6.45) is 5.81. The number of guanidine groups is 2. The number of aromatic hydroxyl groups is 1. The Morgan fingerprint density at radius 2 is 1.06 bits per heavy atom. The Morgan fingerprint density at radius 1 is 0.556 bits per heavy atom. The van der Waals surface area contributed by atoms with E-state index in [1.54, 1.807) is 37.4 Å². The fourth-order valence-corrected chi connectivity index (χ4v) is 13.1. The first-order valence-electron chi connectivity index (χ1n) is 37.2. The minimum Gasteiger partial charge on any atom is -0.508 e. The van der Waals surface area contributed by atoms with Gasteiger partial charge in [0.1, 0.15) is 72.2 Å². The number of carbonyl (C=O) groups excluding carboxylic acids is 14. The molecule has 0 saturated carbocycles. The van der Waals surface area contributed by atoms with Gasteiger partial charge in [-0.15, -0.1) is 11.8 Å². The number of nitrogens with one attached hydrogen (secondary N) is 18. The highest BCUT2D eigenvalue weighted by molar-refractivity contribution is 8.00. The number of nitrogens with zero attached hydrogens (tertiary/aromatic N) is 5. The second kappa shape index (κ2) is 45.6. The summed E-state index contributed by atoms with van der Waals surface area (Å²) in [5, 5.41) is 84.0. The van der Waals surface area contributed by atoms with Gasteiger partial charge >= 0.3 is 0 Å².